The van der Waals surface area contributed by atoms with Gasteiger partial charge in [0, 0.05) is 16.8 Å². The van der Waals surface area contributed by atoms with E-state index in [0.717, 1.165) is 16.5 Å². The van der Waals surface area contributed by atoms with Gasteiger partial charge in [0.15, 0.2) is 5.78 Å². The Hall–Kier alpha value is -5.37. The molecule has 0 N–H and O–H groups in total. The van der Waals surface area contributed by atoms with Gasteiger partial charge in [-0.25, -0.2) is 14.1 Å². The maximum atomic E-state index is 14.1. The molecule has 4 aromatic rings. The van der Waals surface area contributed by atoms with Crippen LogP contribution in [0.4, 0.5) is 15.8 Å². The van der Waals surface area contributed by atoms with Crippen molar-refractivity contribution in [2.24, 2.45) is 11.8 Å². The Morgan fingerprint density at radius 1 is 0.738 bits per heavy atom. The highest BCUT2D eigenvalue weighted by molar-refractivity contribution is 6.24. The minimum absolute atomic E-state index is 0.122. The monoisotopic (exact) mass is 558 g/mol. The molecule has 0 aromatic heterocycles. The molecule has 0 aliphatic carbocycles. The molecule has 2 fully saturated rings. The van der Waals surface area contributed by atoms with Gasteiger partial charge in [0.25, 0.3) is 0 Å². The molecule has 8 heteroatoms. The summed E-state index contributed by atoms with van der Waals surface area (Å²) in [5, 5.41) is 0. The molecule has 7 nitrogen and oxygen atoms in total. The molecule has 7 rings (SSSR count). The summed E-state index contributed by atoms with van der Waals surface area (Å²) in [4.78, 5) is 57.1. The molecule has 4 aromatic carbocycles. The number of para-hydroxylation sites is 1. The molecular formula is C34H23FN2O5. The summed E-state index contributed by atoms with van der Waals surface area (Å²) in [5.74, 6) is -4.24. The van der Waals surface area contributed by atoms with Gasteiger partial charge in [-0.2, -0.15) is 0 Å². The third-order valence-corrected chi connectivity index (χ3v) is 8.09. The van der Waals surface area contributed by atoms with Gasteiger partial charge in [0.05, 0.1) is 23.6 Å². The summed E-state index contributed by atoms with van der Waals surface area (Å²) < 4.78 is 19.9. The Kier molecular flexibility index (Phi) is 6.04. The van der Waals surface area contributed by atoms with Crippen molar-refractivity contribution in [1.82, 2.24) is 0 Å². The van der Waals surface area contributed by atoms with E-state index in [0.29, 0.717) is 16.8 Å². The van der Waals surface area contributed by atoms with Gasteiger partial charge in [0.1, 0.15) is 17.6 Å². The number of imide groups is 1. The second-order valence-electron chi connectivity index (χ2n) is 10.4. The van der Waals surface area contributed by atoms with Crippen LogP contribution in [0.15, 0.2) is 109 Å². The van der Waals surface area contributed by atoms with Crippen molar-refractivity contribution in [1.29, 1.82) is 0 Å². The van der Waals surface area contributed by atoms with E-state index in [2.05, 4.69) is 0 Å². The van der Waals surface area contributed by atoms with Crippen LogP contribution in [0.5, 0.6) is 5.75 Å². The van der Waals surface area contributed by atoms with E-state index < -0.39 is 47.5 Å². The Morgan fingerprint density at radius 3 is 2.19 bits per heavy atom. The highest BCUT2D eigenvalue weighted by atomic mass is 19.1. The molecule has 206 valence electrons. The summed E-state index contributed by atoms with van der Waals surface area (Å²) in [7, 11) is 0. The van der Waals surface area contributed by atoms with Crippen LogP contribution in [-0.2, 0) is 14.4 Å². The number of hydrogen-bond acceptors (Lipinski definition) is 6. The average Bonchev–Trinajstić information content (AvgIpc) is 3.50. The third kappa shape index (κ3) is 4.03. The van der Waals surface area contributed by atoms with E-state index in [-0.39, 0.29) is 17.2 Å². The van der Waals surface area contributed by atoms with E-state index in [1.807, 2.05) is 42.5 Å². The molecule has 2 amide bonds. The third-order valence-electron chi connectivity index (χ3n) is 8.09. The molecule has 42 heavy (non-hydrogen) atoms. The molecule has 0 bridgehead atoms. The zero-order valence-electron chi connectivity index (χ0n) is 22.1. The summed E-state index contributed by atoms with van der Waals surface area (Å²) in [6.07, 6.45) is 3.71. The molecular weight excluding hydrogens is 535 g/mol. The van der Waals surface area contributed by atoms with Crippen LogP contribution in [0.3, 0.4) is 0 Å². The summed E-state index contributed by atoms with van der Waals surface area (Å²) in [5.41, 5.74) is 2.64. The number of carbonyl (C=O) groups excluding carboxylic acids is 4. The number of fused-ring (bicyclic) bond motifs is 5. The van der Waals surface area contributed by atoms with Gasteiger partial charge in [0.2, 0.25) is 11.8 Å². The number of anilines is 2. The fraction of sp³-hybridized carbons (Fsp3) is 0.118. The highest BCUT2D eigenvalue weighted by Gasteiger charge is 2.65. The van der Waals surface area contributed by atoms with Crippen LogP contribution in [0.1, 0.15) is 21.5 Å². The van der Waals surface area contributed by atoms with Crippen LogP contribution in [0, 0.1) is 17.7 Å². The Balaban J connectivity index is 1.23. The SMILES string of the molecule is O=C(c1ccccc1)c1ccc(OC(=O)[C@@H]2[C@@H]3C(=O)N(c4cccc(F)c4)C(=O)[C@H]3[C@@H]3C=Cc4ccccc4N23)cc1. The van der Waals surface area contributed by atoms with Crippen molar-refractivity contribution in [3.63, 3.8) is 0 Å². The summed E-state index contributed by atoms with van der Waals surface area (Å²) in [6, 6.07) is 26.1. The van der Waals surface area contributed by atoms with Gasteiger partial charge in [-0.05, 0) is 54.1 Å². The van der Waals surface area contributed by atoms with Crippen LogP contribution in [0.25, 0.3) is 6.08 Å². The molecule has 2 saturated heterocycles. The lowest BCUT2D eigenvalue weighted by Gasteiger charge is -2.36. The first-order valence-electron chi connectivity index (χ1n) is 13.5. The zero-order valence-corrected chi connectivity index (χ0v) is 22.1. The quantitative estimate of drug-likeness (QED) is 0.148. The zero-order chi connectivity index (χ0) is 29.0. The van der Waals surface area contributed by atoms with E-state index in [9.17, 15) is 23.6 Å². The second-order valence-corrected chi connectivity index (χ2v) is 10.4. The van der Waals surface area contributed by atoms with E-state index in [4.69, 9.17) is 4.74 Å². The lowest BCUT2D eigenvalue weighted by Crippen LogP contribution is -2.50. The van der Waals surface area contributed by atoms with Crippen molar-refractivity contribution >= 4 is 41.0 Å². The molecule has 0 saturated carbocycles. The van der Waals surface area contributed by atoms with Crippen molar-refractivity contribution in [2.45, 2.75) is 12.1 Å². The van der Waals surface area contributed by atoms with Crippen LogP contribution in [0.2, 0.25) is 0 Å². The highest BCUT2D eigenvalue weighted by Crippen LogP contribution is 2.49. The number of rotatable bonds is 5. The topological polar surface area (TPSA) is 84.0 Å². The number of carbonyl (C=O) groups is 4. The lowest BCUT2D eigenvalue weighted by atomic mass is 9.89. The molecule has 3 aliphatic heterocycles. The van der Waals surface area contributed by atoms with Crippen molar-refractivity contribution in [3.8, 4) is 5.75 Å². The molecule has 4 atom stereocenters. The fourth-order valence-electron chi connectivity index (χ4n) is 6.26. The first kappa shape index (κ1) is 25.6. The summed E-state index contributed by atoms with van der Waals surface area (Å²) >= 11 is 0. The number of hydrogen-bond donors (Lipinski definition) is 0. The maximum Gasteiger partial charge on any atom is 0.335 e. The van der Waals surface area contributed by atoms with Crippen LogP contribution < -0.4 is 14.5 Å². The molecule has 3 heterocycles. The Bertz CT molecular complexity index is 1790. The smallest absolute Gasteiger partial charge is 0.335 e. The average molecular weight is 559 g/mol. The number of esters is 1. The van der Waals surface area contributed by atoms with E-state index >= 15 is 0 Å². The van der Waals surface area contributed by atoms with E-state index in [1.54, 1.807) is 41.3 Å². The number of nitrogens with zero attached hydrogens (tertiary/aromatic N) is 2. The summed E-state index contributed by atoms with van der Waals surface area (Å²) in [6.45, 7) is 0. The fourth-order valence-corrected chi connectivity index (χ4v) is 6.26. The standard InChI is InChI=1S/C34H23FN2O5/c35-23-10-6-11-24(19-23)36-32(39)28-27-18-15-20-7-4-5-12-26(20)37(27)30(29(28)33(36)40)34(41)42-25-16-13-22(14-17-25)31(38)21-8-2-1-3-9-21/h1-19,27-30H/t27-,28-,29+,30-/m0/s1. The Morgan fingerprint density at radius 2 is 1.43 bits per heavy atom. The Labute approximate surface area is 240 Å². The minimum Gasteiger partial charge on any atom is -0.425 e. The van der Waals surface area contributed by atoms with Crippen LogP contribution in [-0.4, -0.2) is 35.7 Å². The van der Waals surface area contributed by atoms with Crippen LogP contribution >= 0.6 is 0 Å². The van der Waals surface area contributed by atoms with Crippen molar-refractivity contribution in [2.75, 3.05) is 9.80 Å². The largest absolute Gasteiger partial charge is 0.425 e. The van der Waals surface area contributed by atoms with Crippen molar-refractivity contribution in [3.05, 3.63) is 132 Å². The first-order chi connectivity index (χ1) is 20.4. The normalized spacial score (nSPS) is 22.0. The first-order valence-corrected chi connectivity index (χ1v) is 13.5. The van der Waals surface area contributed by atoms with Gasteiger partial charge in [-0.1, -0.05) is 66.7 Å². The number of halogens is 1. The minimum atomic E-state index is -1.12. The van der Waals surface area contributed by atoms with Crippen molar-refractivity contribution < 1.29 is 28.3 Å². The number of amides is 2. The predicted octanol–water partition coefficient (Wildman–Crippen LogP) is 5.05. The van der Waals surface area contributed by atoms with E-state index in [1.165, 1.54) is 30.3 Å². The molecule has 0 spiro atoms. The van der Waals surface area contributed by atoms with Gasteiger partial charge in [-0.3, -0.25) is 14.4 Å². The molecule has 3 aliphatic rings. The number of ketones is 1. The number of ether oxygens (including phenoxy) is 1. The van der Waals surface area contributed by atoms with Gasteiger partial charge >= 0.3 is 5.97 Å². The second kappa shape index (κ2) is 9.92. The number of benzene rings is 4. The predicted molar refractivity (Wildman–Crippen MR) is 153 cm³/mol. The van der Waals surface area contributed by atoms with Gasteiger partial charge in [-0.15, -0.1) is 0 Å². The molecule has 0 unspecified atom stereocenters. The lowest BCUT2D eigenvalue weighted by molar-refractivity contribution is -0.139. The van der Waals surface area contributed by atoms with Gasteiger partial charge < -0.3 is 9.64 Å². The molecule has 0 radical (unpaired) electrons. The maximum absolute atomic E-state index is 14.1.